The molecule has 3 aliphatic heterocycles. The van der Waals surface area contributed by atoms with Gasteiger partial charge >= 0.3 is 0 Å². The number of amides is 2. The third kappa shape index (κ3) is 6.20. The van der Waals surface area contributed by atoms with Crippen LogP contribution < -0.4 is 14.2 Å². The number of rotatable bonds is 6. The Bertz CT molecular complexity index is 1300. The minimum absolute atomic E-state index is 0.0285. The predicted octanol–water partition coefficient (Wildman–Crippen LogP) is 2.49. The zero-order chi connectivity index (χ0) is 27.9. The maximum atomic E-state index is 13.9. The molecule has 0 radical (unpaired) electrons. The Labute approximate surface area is 233 Å². The third-order valence-electron chi connectivity index (χ3n) is 7.32. The summed E-state index contributed by atoms with van der Waals surface area (Å²) in [5.74, 6) is 1.78. The van der Waals surface area contributed by atoms with Gasteiger partial charge in [0.15, 0.2) is 11.5 Å². The van der Waals surface area contributed by atoms with Crippen molar-refractivity contribution in [2.24, 2.45) is 0 Å². The fourth-order valence-electron chi connectivity index (χ4n) is 5.26. The van der Waals surface area contributed by atoms with Crippen molar-refractivity contribution in [3.63, 3.8) is 0 Å². The smallest absolute Gasteiger partial charge is 0.242 e. The average molecular weight is 550 g/mol. The number of aromatic nitrogens is 3. The molecule has 40 heavy (non-hydrogen) atoms. The second-order valence-corrected chi connectivity index (χ2v) is 9.75. The number of ether oxygens (including phenoxy) is 4. The number of nitrogens with zero attached hydrogens (tertiary/aromatic N) is 5. The number of carbonyl (C=O) groups excluding carboxylic acids is 2. The highest BCUT2D eigenvalue weighted by atomic mass is 16.5. The number of fused-ring (bicyclic) bond motifs is 11. The van der Waals surface area contributed by atoms with Crippen LogP contribution in [0.5, 0.6) is 17.2 Å². The van der Waals surface area contributed by atoms with Crippen LogP contribution in [0.3, 0.4) is 0 Å². The van der Waals surface area contributed by atoms with Gasteiger partial charge in [0.05, 0.1) is 40.0 Å². The molecule has 3 aromatic rings. The third-order valence-corrected chi connectivity index (χ3v) is 7.32. The quantitative estimate of drug-likeness (QED) is 0.432. The van der Waals surface area contributed by atoms with Gasteiger partial charge in [-0.25, -0.2) is 4.98 Å². The van der Waals surface area contributed by atoms with Crippen molar-refractivity contribution in [1.29, 1.82) is 0 Å². The normalized spacial score (nSPS) is 17.8. The minimum Gasteiger partial charge on any atom is -0.493 e. The van der Waals surface area contributed by atoms with Crippen LogP contribution in [0, 0.1) is 0 Å². The Morgan fingerprint density at radius 3 is 2.60 bits per heavy atom. The summed E-state index contributed by atoms with van der Waals surface area (Å²) in [7, 11) is 3.22. The average Bonchev–Trinajstić information content (AvgIpc) is 3.50. The van der Waals surface area contributed by atoms with Crippen molar-refractivity contribution in [3.05, 3.63) is 65.7 Å². The molecular formula is C29H35N5O6. The van der Waals surface area contributed by atoms with Crippen LogP contribution in [-0.2, 0) is 27.3 Å². The lowest BCUT2D eigenvalue weighted by molar-refractivity contribution is -0.142. The number of hydrogen-bond acceptors (Lipinski definition) is 8. The number of aryl methyl sites for hydroxylation is 1. The Morgan fingerprint density at radius 1 is 1.05 bits per heavy atom. The van der Waals surface area contributed by atoms with Crippen LogP contribution in [0.2, 0.25) is 0 Å². The summed E-state index contributed by atoms with van der Waals surface area (Å²) in [6, 6.07) is 11.4. The molecule has 0 saturated heterocycles. The molecule has 1 unspecified atom stereocenters. The van der Waals surface area contributed by atoms with E-state index in [0.717, 1.165) is 22.4 Å². The van der Waals surface area contributed by atoms with Crippen molar-refractivity contribution >= 4 is 11.8 Å². The molecule has 0 fully saturated rings. The van der Waals surface area contributed by atoms with E-state index >= 15 is 0 Å². The van der Waals surface area contributed by atoms with Gasteiger partial charge in [0.25, 0.3) is 0 Å². The van der Waals surface area contributed by atoms with Crippen molar-refractivity contribution in [2.45, 2.75) is 31.8 Å². The molecule has 2 amide bonds. The standard InChI is InChI=1S/C29H35N5O6/c1-37-25-16-22-9-11-34-28(36)18-32(27(35)4-3-10-33-20-30-19-31-33)12-13-39-14-15-40-23-7-5-21(6-8-23)29(34)24(22)17-26(25)38-2/h5-8,16-17,19-20,29H,3-4,9-15,18H2,1-2H3. The summed E-state index contributed by atoms with van der Waals surface area (Å²) >= 11 is 0. The van der Waals surface area contributed by atoms with Gasteiger partial charge in [-0.15, -0.1) is 0 Å². The zero-order valence-electron chi connectivity index (χ0n) is 23.0. The van der Waals surface area contributed by atoms with E-state index in [0.29, 0.717) is 70.2 Å². The zero-order valence-corrected chi connectivity index (χ0v) is 23.0. The van der Waals surface area contributed by atoms with Crippen LogP contribution in [-0.4, -0.2) is 90.1 Å². The van der Waals surface area contributed by atoms with E-state index in [1.165, 1.54) is 6.33 Å². The predicted molar refractivity (Wildman–Crippen MR) is 145 cm³/mol. The van der Waals surface area contributed by atoms with Gasteiger partial charge in [-0.05, 0) is 53.8 Å². The summed E-state index contributed by atoms with van der Waals surface area (Å²) in [4.78, 5) is 34.6. The lowest BCUT2D eigenvalue weighted by Gasteiger charge is -2.39. The molecule has 4 heterocycles. The second-order valence-electron chi connectivity index (χ2n) is 9.75. The molecule has 1 atom stereocenters. The molecule has 2 aromatic carbocycles. The molecule has 1 aromatic heterocycles. The highest BCUT2D eigenvalue weighted by Crippen LogP contribution is 2.41. The molecule has 2 bridgehead atoms. The number of methoxy groups -OCH3 is 2. The van der Waals surface area contributed by atoms with Gasteiger partial charge in [0.1, 0.15) is 25.0 Å². The van der Waals surface area contributed by atoms with Gasteiger partial charge in [0, 0.05) is 26.1 Å². The van der Waals surface area contributed by atoms with Crippen molar-refractivity contribution in [1.82, 2.24) is 24.6 Å². The van der Waals surface area contributed by atoms with E-state index in [1.807, 2.05) is 41.3 Å². The second kappa shape index (κ2) is 12.8. The van der Waals surface area contributed by atoms with Gasteiger partial charge in [-0.3, -0.25) is 14.3 Å². The lowest BCUT2D eigenvalue weighted by atomic mass is 9.87. The SMILES string of the molecule is COc1cc2c(cc1OC)C1c3ccc(cc3)OCCOCCN(C(=O)CCCn3cncn3)CC(=O)N1CC2. The molecule has 0 spiro atoms. The van der Waals surface area contributed by atoms with Crippen molar-refractivity contribution in [2.75, 3.05) is 53.7 Å². The first-order valence-corrected chi connectivity index (χ1v) is 13.5. The Hall–Kier alpha value is -4.12. The van der Waals surface area contributed by atoms with Gasteiger partial charge < -0.3 is 28.7 Å². The summed E-state index contributed by atoms with van der Waals surface area (Å²) < 4.78 is 24.4. The molecule has 0 N–H and O–H groups in total. The number of carbonyl (C=O) groups is 2. The number of hydrogen-bond donors (Lipinski definition) is 0. The highest BCUT2D eigenvalue weighted by molar-refractivity contribution is 5.85. The number of benzene rings is 2. The molecule has 6 rings (SSSR count). The van der Waals surface area contributed by atoms with Crippen LogP contribution in [0.4, 0.5) is 0 Å². The fraction of sp³-hybridized carbons (Fsp3) is 0.448. The van der Waals surface area contributed by atoms with E-state index in [9.17, 15) is 9.59 Å². The fourth-order valence-corrected chi connectivity index (χ4v) is 5.26. The molecule has 0 saturated carbocycles. The highest BCUT2D eigenvalue weighted by Gasteiger charge is 2.34. The van der Waals surface area contributed by atoms with Gasteiger partial charge in [-0.1, -0.05) is 12.1 Å². The maximum Gasteiger partial charge on any atom is 0.242 e. The maximum absolute atomic E-state index is 13.9. The van der Waals surface area contributed by atoms with E-state index in [4.69, 9.17) is 18.9 Å². The monoisotopic (exact) mass is 549 g/mol. The first-order chi connectivity index (χ1) is 19.6. The van der Waals surface area contributed by atoms with Crippen molar-refractivity contribution in [3.8, 4) is 17.2 Å². The molecule has 11 nitrogen and oxygen atoms in total. The van der Waals surface area contributed by atoms with E-state index in [1.54, 1.807) is 30.1 Å². The topological polar surface area (TPSA) is 108 Å². The molecule has 3 aliphatic rings. The Morgan fingerprint density at radius 2 is 1.85 bits per heavy atom. The summed E-state index contributed by atoms with van der Waals surface area (Å²) in [6.07, 6.45) is 4.64. The van der Waals surface area contributed by atoms with E-state index in [2.05, 4.69) is 10.1 Å². The minimum atomic E-state index is -0.351. The molecular weight excluding hydrogens is 514 g/mol. The van der Waals surface area contributed by atoms with Gasteiger partial charge in [0.2, 0.25) is 11.8 Å². The Balaban J connectivity index is 1.43. The van der Waals surface area contributed by atoms with Crippen LogP contribution >= 0.6 is 0 Å². The summed E-state index contributed by atoms with van der Waals surface area (Å²) in [6.45, 7) is 2.46. The van der Waals surface area contributed by atoms with Gasteiger partial charge in [-0.2, -0.15) is 5.10 Å². The lowest BCUT2D eigenvalue weighted by Crippen LogP contribution is -2.47. The van der Waals surface area contributed by atoms with Crippen LogP contribution in [0.1, 0.15) is 35.6 Å². The summed E-state index contributed by atoms with van der Waals surface area (Å²) in [5.41, 5.74) is 3.02. The first kappa shape index (κ1) is 27.4. The molecule has 11 heteroatoms. The van der Waals surface area contributed by atoms with E-state index < -0.39 is 0 Å². The molecule has 0 aliphatic carbocycles. The van der Waals surface area contributed by atoms with Crippen LogP contribution in [0.15, 0.2) is 49.1 Å². The van der Waals surface area contributed by atoms with E-state index in [-0.39, 0.29) is 24.4 Å². The first-order valence-electron chi connectivity index (χ1n) is 13.5. The Kier molecular flexibility index (Phi) is 8.80. The molecule has 212 valence electrons. The summed E-state index contributed by atoms with van der Waals surface area (Å²) in [5, 5.41) is 4.09. The largest absolute Gasteiger partial charge is 0.493 e. The van der Waals surface area contributed by atoms with Crippen LogP contribution in [0.25, 0.3) is 0 Å². The van der Waals surface area contributed by atoms with Crippen molar-refractivity contribution < 1.29 is 28.5 Å².